The summed E-state index contributed by atoms with van der Waals surface area (Å²) in [4.78, 5) is 28.2. The summed E-state index contributed by atoms with van der Waals surface area (Å²) in [7, 11) is 0. The van der Waals surface area contributed by atoms with Crippen molar-refractivity contribution in [2.45, 2.75) is 5.60 Å². The molecule has 2 amide bonds. The molecular formula is C19H19FN2O5. The highest BCUT2D eigenvalue weighted by Gasteiger charge is 2.44. The predicted octanol–water partition coefficient (Wildman–Crippen LogP) is 1.69. The standard InChI is InChI=1S/C19H19FN2O5/c20-14-3-5-15(6-4-14)22-12-19(27-10-17(22)23)11-21(7-9-25-13-19)18(24)16-2-1-8-26-16/h1-6,8H,7,9-13H2. The van der Waals surface area contributed by atoms with Crippen LogP contribution < -0.4 is 4.90 Å². The number of hydrogen-bond donors (Lipinski definition) is 0. The minimum absolute atomic E-state index is 0.135. The normalized spacial score (nSPS) is 23.5. The first-order valence-corrected chi connectivity index (χ1v) is 8.67. The van der Waals surface area contributed by atoms with Gasteiger partial charge in [-0.15, -0.1) is 0 Å². The molecule has 0 radical (unpaired) electrons. The SMILES string of the molecule is O=C(c1ccco1)N1CCOCC2(C1)CN(c1ccc(F)cc1)C(=O)CO2. The lowest BCUT2D eigenvalue weighted by Crippen LogP contribution is -2.61. The Hall–Kier alpha value is -2.71. The largest absolute Gasteiger partial charge is 0.459 e. The highest BCUT2D eigenvalue weighted by atomic mass is 19.1. The van der Waals surface area contributed by atoms with Crippen molar-refractivity contribution in [1.29, 1.82) is 0 Å². The number of nitrogens with zero attached hydrogens (tertiary/aromatic N) is 2. The van der Waals surface area contributed by atoms with E-state index in [-0.39, 0.29) is 49.7 Å². The van der Waals surface area contributed by atoms with Crippen molar-refractivity contribution in [3.63, 3.8) is 0 Å². The molecule has 4 rings (SSSR count). The number of hydrogen-bond acceptors (Lipinski definition) is 5. The molecule has 27 heavy (non-hydrogen) atoms. The minimum Gasteiger partial charge on any atom is -0.459 e. The predicted molar refractivity (Wildman–Crippen MR) is 92.9 cm³/mol. The molecular weight excluding hydrogens is 355 g/mol. The quantitative estimate of drug-likeness (QED) is 0.800. The Labute approximate surface area is 155 Å². The fourth-order valence-electron chi connectivity index (χ4n) is 3.39. The second-order valence-electron chi connectivity index (χ2n) is 6.68. The van der Waals surface area contributed by atoms with Gasteiger partial charge in [-0.05, 0) is 36.4 Å². The van der Waals surface area contributed by atoms with Gasteiger partial charge in [-0.1, -0.05) is 0 Å². The van der Waals surface area contributed by atoms with Gasteiger partial charge in [-0.3, -0.25) is 9.59 Å². The van der Waals surface area contributed by atoms with E-state index in [0.717, 1.165) is 0 Å². The summed E-state index contributed by atoms with van der Waals surface area (Å²) in [6.07, 6.45) is 1.45. The monoisotopic (exact) mass is 374 g/mol. The molecule has 1 atom stereocenters. The van der Waals surface area contributed by atoms with Crippen LogP contribution in [0.15, 0.2) is 47.1 Å². The van der Waals surface area contributed by atoms with Crippen LogP contribution in [0.4, 0.5) is 10.1 Å². The maximum absolute atomic E-state index is 13.2. The van der Waals surface area contributed by atoms with Crippen molar-refractivity contribution in [3.05, 3.63) is 54.2 Å². The van der Waals surface area contributed by atoms with E-state index in [9.17, 15) is 14.0 Å². The van der Waals surface area contributed by atoms with Crippen LogP contribution in [-0.4, -0.2) is 61.8 Å². The summed E-state index contributed by atoms with van der Waals surface area (Å²) < 4.78 is 30.0. The summed E-state index contributed by atoms with van der Waals surface area (Å²) >= 11 is 0. The number of amides is 2. The molecule has 3 heterocycles. The molecule has 2 aromatic rings. The molecule has 1 unspecified atom stereocenters. The van der Waals surface area contributed by atoms with Crippen LogP contribution in [0.5, 0.6) is 0 Å². The molecule has 1 spiro atoms. The van der Waals surface area contributed by atoms with Gasteiger partial charge in [0.2, 0.25) is 0 Å². The van der Waals surface area contributed by atoms with E-state index in [2.05, 4.69) is 0 Å². The van der Waals surface area contributed by atoms with Crippen molar-refractivity contribution < 1.29 is 27.9 Å². The van der Waals surface area contributed by atoms with Crippen molar-refractivity contribution in [2.75, 3.05) is 44.4 Å². The van der Waals surface area contributed by atoms with E-state index in [1.807, 2.05) is 0 Å². The molecule has 8 heteroatoms. The molecule has 1 aromatic carbocycles. The molecule has 2 aliphatic rings. The molecule has 0 saturated carbocycles. The summed E-state index contributed by atoms with van der Waals surface area (Å²) in [5, 5.41) is 0. The fourth-order valence-corrected chi connectivity index (χ4v) is 3.39. The van der Waals surface area contributed by atoms with Gasteiger partial charge in [-0.2, -0.15) is 0 Å². The molecule has 142 valence electrons. The summed E-state index contributed by atoms with van der Waals surface area (Å²) in [5.41, 5.74) is -0.279. The Bertz CT molecular complexity index is 823. The number of benzene rings is 1. The van der Waals surface area contributed by atoms with Crippen LogP contribution >= 0.6 is 0 Å². The number of furan rings is 1. The smallest absolute Gasteiger partial charge is 0.289 e. The van der Waals surface area contributed by atoms with Crippen LogP contribution in [0.3, 0.4) is 0 Å². The number of morpholine rings is 1. The van der Waals surface area contributed by atoms with E-state index >= 15 is 0 Å². The fraction of sp³-hybridized carbons (Fsp3) is 0.368. The molecule has 2 saturated heterocycles. The lowest BCUT2D eigenvalue weighted by atomic mass is 10.0. The third kappa shape index (κ3) is 3.58. The van der Waals surface area contributed by atoms with E-state index < -0.39 is 5.60 Å². The van der Waals surface area contributed by atoms with Gasteiger partial charge in [0, 0.05) is 12.2 Å². The maximum atomic E-state index is 13.2. The van der Waals surface area contributed by atoms with E-state index in [4.69, 9.17) is 13.9 Å². The number of halogens is 1. The molecule has 1 aromatic heterocycles. The number of rotatable bonds is 2. The Morgan fingerprint density at radius 2 is 1.96 bits per heavy atom. The number of carbonyl (C=O) groups is 2. The van der Waals surface area contributed by atoms with Gasteiger partial charge in [0.05, 0.1) is 32.6 Å². The Morgan fingerprint density at radius 3 is 2.70 bits per heavy atom. The Kier molecular flexibility index (Phi) is 4.67. The lowest BCUT2D eigenvalue weighted by Gasteiger charge is -2.42. The van der Waals surface area contributed by atoms with Gasteiger partial charge in [-0.25, -0.2) is 4.39 Å². The number of anilines is 1. The van der Waals surface area contributed by atoms with Crippen molar-refractivity contribution >= 4 is 17.5 Å². The molecule has 0 aliphatic carbocycles. The minimum atomic E-state index is -0.860. The van der Waals surface area contributed by atoms with Gasteiger partial charge >= 0.3 is 0 Å². The van der Waals surface area contributed by atoms with E-state index in [1.165, 1.54) is 18.4 Å². The first-order valence-electron chi connectivity index (χ1n) is 8.67. The maximum Gasteiger partial charge on any atom is 0.289 e. The topological polar surface area (TPSA) is 72.2 Å². The summed E-state index contributed by atoms with van der Waals surface area (Å²) in [6.45, 7) is 1.34. The van der Waals surface area contributed by atoms with Crippen LogP contribution in [0.2, 0.25) is 0 Å². The zero-order valence-corrected chi connectivity index (χ0v) is 14.6. The van der Waals surface area contributed by atoms with Crippen LogP contribution in [0.1, 0.15) is 10.6 Å². The summed E-state index contributed by atoms with van der Waals surface area (Å²) in [6, 6.07) is 8.98. The second kappa shape index (κ2) is 7.13. The van der Waals surface area contributed by atoms with Crippen molar-refractivity contribution in [1.82, 2.24) is 4.90 Å². The van der Waals surface area contributed by atoms with Crippen LogP contribution in [-0.2, 0) is 14.3 Å². The molecule has 2 aliphatic heterocycles. The summed E-state index contributed by atoms with van der Waals surface area (Å²) in [5.74, 6) is -0.601. The Morgan fingerprint density at radius 1 is 1.15 bits per heavy atom. The van der Waals surface area contributed by atoms with Crippen molar-refractivity contribution in [2.24, 2.45) is 0 Å². The van der Waals surface area contributed by atoms with Crippen molar-refractivity contribution in [3.8, 4) is 0 Å². The highest BCUT2D eigenvalue weighted by Crippen LogP contribution is 2.28. The lowest BCUT2D eigenvalue weighted by molar-refractivity contribution is -0.145. The van der Waals surface area contributed by atoms with Gasteiger partial charge in [0.15, 0.2) is 5.76 Å². The third-order valence-corrected chi connectivity index (χ3v) is 4.76. The van der Waals surface area contributed by atoms with Gasteiger partial charge in [0.1, 0.15) is 18.0 Å². The molecule has 0 bridgehead atoms. The molecule has 7 nitrogen and oxygen atoms in total. The Balaban J connectivity index is 1.57. The van der Waals surface area contributed by atoms with Crippen LogP contribution in [0, 0.1) is 5.82 Å². The number of carbonyl (C=O) groups excluding carboxylic acids is 2. The van der Waals surface area contributed by atoms with E-state index in [1.54, 1.807) is 34.1 Å². The highest BCUT2D eigenvalue weighted by molar-refractivity contribution is 5.95. The zero-order valence-electron chi connectivity index (χ0n) is 14.6. The zero-order chi connectivity index (χ0) is 18.9. The molecule has 0 N–H and O–H groups in total. The van der Waals surface area contributed by atoms with Crippen LogP contribution in [0.25, 0.3) is 0 Å². The average Bonchev–Trinajstić information content (AvgIpc) is 3.13. The number of ether oxygens (including phenoxy) is 2. The van der Waals surface area contributed by atoms with E-state index in [0.29, 0.717) is 18.8 Å². The average molecular weight is 374 g/mol. The second-order valence-corrected chi connectivity index (χ2v) is 6.68. The first kappa shape index (κ1) is 17.7. The van der Waals surface area contributed by atoms with Gasteiger partial charge in [0.25, 0.3) is 11.8 Å². The van der Waals surface area contributed by atoms with Gasteiger partial charge < -0.3 is 23.7 Å². The third-order valence-electron chi connectivity index (χ3n) is 4.76. The first-order chi connectivity index (χ1) is 13.1. The molecule has 2 fully saturated rings.